The second kappa shape index (κ2) is 8.76. The molecule has 0 saturated heterocycles. The summed E-state index contributed by atoms with van der Waals surface area (Å²) >= 11 is 0. The summed E-state index contributed by atoms with van der Waals surface area (Å²) < 4.78 is 69.8. The fourth-order valence-electron chi connectivity index (χ4n) is 3.69. The Morgan fingerprint density at radius 1 is 0.778 bits per heavy atom. The Balaban J connectivity index is 1.74. The number of halogens is 5. The number of rotatable bonds is 4. The standard InChI is InChI=1S/C26H24F5N5/c1-24(2,3)23-32-14-36(35-23)20-11-7-10-19(34-20)25(4,5)18-9-6-8-17(33-18)15-12-13-16(27)21(22(15)28)26(29,30)31/h6-14H,1-5H3. The minimum atomic E-state index is -5.18. The number of benzene rings is 1. The molecular formula is C26H24F5N5. The number of aromatic nitrogens is 5. The number of hydrogen-bond donors (Lipinski definition) is 0. The molecule has 0 bridgehead atoms. The van der Waals surface area contributed by atoms with E-state index >= 15 is 0 Å². The van der Waals surface area contributed by atoms with Crippen molar-refractivity contribution in [2.45, 2.75) is 51.6 Å². The third kappa shape index (κ3) is 4.72. The molecule has 188 valence electrons. The molecular weight excluding hydrogens is 477 g/mol. The SMILES string of the molecule is CC(C)(C)c1ncn(-c2cccc(C(C)(C)c3cccc(-c4ccc(F)c(C(F)(F)F)c4F)n3)n2)n1. The van der Waals surface area contributed by atoms with Crippen molar-refractivity contribution in [1.82, 2.24) is 24.7 Å². The van der Waals surface area contributed by atoms with Gasteiger partial charge in [0.2, 0.25) is 0 Å². The van der Waals surface area contributed by atoms with Crippen LogP contribution in [0.3, 0.4) is 0 Å². The largest absolute Gasteiger partial charge is 0.422 e. The maximum Gasteiger partial charge on any atom is 0.422 e. The first-order chi connectivity index (χ1) is 16.7. The first-order valence-corrected chi connectivity index (χ1v) is 11.1. The first-order valence-electron chi connectivity index (χ1n) is 11.1. The molecule has 10 heteroatoms. The van der Waals surface area contributed by atoms with Gasteiger partial charge in [-0.15, -0.1) is 5.10 Å². The second-order valence-electron chi connectivity index (χ2n) is 9.96. The number of pyridine rings is 2. The highest BCUT2D eigenvalue weighted by atomic mass is 19.4. The van der Waals surface area contributed by atoms with Crippen molar-refractivity contribution in [2.24, 2.45) is 0 Å². The minimum Gasteiger partial charge on any atom is -0.252 e. The summed E-state index contributed by atoms with van der Waals surface area (Å²) in [6.07, 6.45) is -3.60. The maximum absolute atomic E-state index is 14.8. The average Bonchev–Trinajstić information content (AvgIpc) is 3.30. The summed E-state index contributed by atoms with van der Waals surface area (Å²) in [4.78, 5) is 13.5. The Bertz CT molecular complexity index is 1420. The lowest BCUT2D eigenvalue weighted by molar-refractivity contribution is -0.142. The molecule has 0 fully saturated rings. The van der Waals surface area contributed by atoms with Crippen LogP contribution in [0.5, 0.6) is 0 Å². The molecule has 3 aromatic heterocycles. The summed E-state index contributed by atoms with van der Waals surface area (Å²) in [6, 6.07) is 11.5. The molecule has 3 heterocycles. The Morgan fingerprint density at radius 3 is 2.03 bits per heavy atom. The van der Waals surface area contributed by atoms with Crippen LogP contribution in [0.4, 0.5) is 22.0 Å². The van der Waals surface area contributed by atoms with Crippen molar-refractivity contribution in [2.75, 3.05) is 0 Å². The molecule has 0 aliphatic carbocycles. The summed E-state index contributed by atoms with van der Waals surface area (Å²) in [7, 11) is 0. The quantitative estimate of drug-likeness (QED) is 0.294. The van der Waals surface area contributed by atoms with Gasteiger partial charge in [-0.05, 0) is 50.2 Å². The van der Waals surface area contributed by atoms with Crippen LogP contribution in [0, 0.1) is 11.6 Å². The monoisotopic (exact) mass is 501 g/mol. The van der Waals surface area contributed by atoms with E-state index in [0.29, 0.717) is 29.1 Å². The van der Waals surface area contributed by atoms with Gasteiger partial charge in [0.05, 0.1) is 17.1 Å². The van der Waals surface area contributed by atoms with Gasteiger partial charge >= 0.3 is 6.18 Å². The zero-order valence-electron chi connectivity index (χ0n) is 20.3. The van der Waals surface area contributed by atoms with Crippen LogP contribution in [-0.4, -0.2) is 24.7 Å². The van der Waals surface area contributed by atoms with Gasteiger partial charge in [-0.3, -0.25) is 4.98 Å². The Morgan fingerprint density at radius 2 is 1.42 bits per heavy atom. The molecule has 36 heavy (non-hydrogen) atoms. The van der Waals surface area contributed by atoms with Crippen LogP contribution in [0.1, 0.15) is 57.4 Å². The lowest BCUT2D eigenvalue weighted by Crippen LogP contribution is -2.23. The van der Waals surface area contributed by atoms with E-state index in [1.807, 2.05) is 34.6 Å². The van der Waals surface area contributed by atoms with Crippen LogP contribution >= 0.6 is 0 Å². The third-order valence-electron chi connectivity index (χ3n) is 5.81. The zero-order chi connectivity index (χ0) is 26.5. The fourth-order valence-corrected chi connectivity index (χ4v) is 3.69. The van der Waals surface area contributed by atoms with Crippen LogP contribution in [0.2, 0.25) is 0 Å². The molecule has 0 atom stereocenters. The van der Waals surface area contributed by atoms with Crippen molar-refractivity contribution in [1.29, 1.82) is 0 Å². The highest BCUT2D eigenvalue weighted by Crippen LogP contribution is 2.38. The zero-order valence-corrected chi connectivity index (χ0v) is 20.3. The predicted octanol–water partition coefficient (Wildman–Crippen LogP) is 6.64. The molecule has 0 amide bonds. The van der Waals surface area contributed by atoms with Gasteiger partial charge in [-0.25, -0.2) is 23.4 Å². The molecule has 0 aliphatic rings. The van der Waals surface area contributed by atoms with Gasteiger partial charge in [0.1, 0.15) is 23.5 Å². The first kappa shape index (κ1) is 25.4. The van der Waals surface area contributed by atoms with E-state index in [4.69, 9.17) is 4.98 Å². The molecule has 0 saturated carbocycles. The van der Waals surface area contributed by atoms with Gasteiger partial charge in [-0.2, -0.15) is 13.2 Å². The summed E-state index contributed by atoms with van der Waals surface area (Å²) in [5.41, 5.74) is -2.45. The number of nitrogens with zero attached hydrogens (tertiary/aromatic N) is 5. The number of alkyl halides is 3. The van der Waals surface area contributed by atoms with Gasteiger partial charge in [0.25, 0.3) is 0 Å². The topological polar surface area (TPSA) is 56.5 Å². The van der Waals surface area contributed by atoms with Crippen molar-refractivity contribution in [3.63, 3.8) is 0 Å². The van der Waals surface area contributed by atoms with Crippen molar-refractivity contribution in [3.8, 4) is 17.1 Å². The van der Waals surface area contributed by atoms with E-state index in [-0.39, 0.29) is 11.1 Å². The lowest BCUT2D eigenvalue weighted by Gasteiger charge is -2.25. The van der Waals surface area contributed by atoms with Crippen molar-refractivity contribution < 1.29 is 22.0 Å². The highest BCUT2D eigenvalue weighted by molar-refractivity contribution is 5.62. The summed E-state index contributed by atoms with van der Waals surface area (Å²) in [5, 5.41) is 4.51. The van der Waals surface area contributed by atoms with Gasteiger partial charge in [-0.1, -0.05) is 32.9 Å². The Labute approximate surface area is 205 Å². The molecule has 0 radical (unpaired) electrons. The van der Waals surface area contributed by atoms with Gasteiger partial charge in [0.15, 0.2) is 11.6 Å². The molecule has 0 unspecified atom stereocenters. The minimum absolute atomic E-state index is 0.0502. The summed E-state index contributed by atoms with van der Waals surface area (Å²) in [6.45, 7) is 9.68. The lowest BCUT2D eigenvalue weighted by atomic mass is 9.84. The van der Waals surface area contributed by atoms with Crippen LogP contribution in [-0.2, 0) is 17.0 Å². The van der Waals surface area contributed by atoms with E-state index in [0.717, 1.165) is 6.07 Å². The van der Waals surface area contributed by atoms with E-state index in [1.165, 1.54) is 6.07 Å². The molecule has 0 spiro atoms. The van der Waals surface area contributed by atoms with E-state index in [1.54, 1.807) is 41.3 Å². The fraction of sp³-hybridized carbons (Fsp3) is 0.308. The van der Waals surface area contributed by atoms with E-state index in [9.17, 15) is 22.0 Å². The smallest absolute Gasteiger partial charge is 0.252 e. The molecule has 4 aromatic rings. The van der Waals surface area contributed by atoms with E-state index in [2.05, 4.69) is 15.1 Å². The molecule has 1 aromatic carbocycles. The van der Waals surface area contributed by atoms with Crippen LogP contribution in [0.25, 0.3) is 17.1 Å². The van der Waals surface area contributed by atoms with Crippen LogP contribution in [0.15, 0.2) is 54.9 Å². The third-order valence-corrected chi connectivity index (χ3v) is 5.81. The summed E-state index contributed by atoms with van der Waals surface area (Å²) in [5.74, 6) is -2.20. The van der Waals surface area contributed by atoms with Crippen molar-refractivity contribution >= 4 is 0 Å². The molecule has 0 aliphatic heterocycles. The van der Waals surface area contributed by atoms with Crippen molar-refractivity contribution in [3.05, 3.63) is 89.3 Å². The van der Waals surface area contributed by atoms with Gasteiger partial charge in [0, 0.05) is 16.4 Å². The second-order valence-corrected chi connectivity index (χ2v) is 9.96. The maximum atomic E-state index is 14.8. The highest BCUT2D eigenvalue weighted by Gasteiger charge is 2.39. The Kier molecular flexibility index (Phi) is 6.18. The Hall–Kier alpha value is -3.69. The van der Waals surface area contributed by atoms with E-state index < -0.39 is 34.4 Å². The predicted molar refractivity (Wildman–Crippen MR) is 125 cm³/mol. The van der Waals surface area contributed by atoms with Gasteiger partial charge < -0.3 is 0 Å². The molecule has 5 nitrogen and oxygen atoms in total. The normalized spacial score (nSPS) is 12.7. The average molecular weight is 502 g/mol. The molecule has 4 rings (SSSR count). The molecule has 0 N–H and O–H groups in total. The number of hydrogen-bond acceptors (Lipinski definition) is 4. The van der Waals surface area contributed by atoms with Crippen LogP contribution < -0.4 is 0 Å².